The Labute approximate surface area is 132 Å². The van der Waals surface area contributed by atoms with Crippen molar-refractivity contribution in [1.82, 2.24) is 0 Å². The molecule has 2 aromatic carbocycles. The van der Waals surface area contributed by atoms with Gasteiger partial charge in [-0.05, 0) is 64.9 Å². The molecule has 104 valence electrons. The molecule has 0 aliphatic heterocycles. The minimum atomic E-state index is 0.515. The van der Waals surface area contributed by atoms with Crippen molar-refractivity contribution in [3.63, 3.8) is 0 Å². The van der Waals surface area contributed by atoms with Crippen LogP contribution in [0.2, 0.25) is 0 Å². The van der Waals surface area contributed by atoms with Crippen LogP contribution in [-0.4, -0.2) is 12.2 Å². The van der Waals surface area contributed by atoms with Crippen LogP contribution in [0.5, 0.6) is 5.75 Å². The first-order chi connectivity index (χ1) is 9.60. The molecule has 0 radical (unpaired) electrons. The maximum Gasteiger partial charge on any atom is 0.175 e. The van der Waals surface area contributed by atoms with Gasteiger partial charge in [0.2, 0.25) is 0 Å². The highest BCUT2D eigenvalue weighted by molar-refractivity contribution is 9.10. The van der Waals surface area contributed by atoms with Gasteiger partial charge in [0.05, 0.1) is 18.5 Å². The Bertz CT molecular complexity index is 631. The predicted octanol–water partition coefficient (Wildman–Crippen LogP) is 4.58. The van der Waals surface area contributed by atoms with Gasteiger partial charge in [-0.15, -0.1) is 0 Å². The van der Waals surface area contributed by atoms with Gasteiger partial charge in [0.15, 0.2) is 5.11 Å². The Hall–Kier alpha value is -1.59. The highest BCUT2D eigenvalue weighted by atomic mass is 79.9. The molecule has 0 unspecified atom stereocenters. The van der Waals surface area contributed by atoms with Crippen LogP contribution >= 0.6 is 28.1 Å². The third kappa shape index (κ3) is 3.71. The predicted molar refractivity (Wildman–Crippen MR) is 91.7 cm³/mol. The normalized spacial score (nSPS) is 9.95. The second-order valence-corrected chi connectivity index (χ2v) is 5.53. The van der Waals surface area contributed by atoms with Gasteiger partial charge in [0, 0.05) is 4.47 Å². The van der Waals surface area contributed by atoms with Crippen molar-refractivity contribution >= 4 is 44.6 Å². The summed E-state index contributed by atoms with van der Waals surface area (Å²) in [6.45, 7) is 2.02. The third-order valence-electron chi connectivity index (χ3n) is 2.73. The van der Waals surface area contributed by atoms with Gasteiger partial charge >= 0.3 is 0 Å². The first kappa shape index (κ1) is 14.8. The number of hydrogen-bond donors (Lipinski definition) is 2. The number of benzene rings is 2. The van der Waals surface area contributed by atoms with E-state index in [9.17, 15) is 0 Å². The molecule has 5 heteroatoms. The molecule has 3 nitrogen and oxygen atoms in total. The van der Waals surface area contributed by atoms with Gasteiger partial charge in [-0.1, -0.05) is 18.2 Å². The van der Waals surface area contributed by atoms with E-state index < -0.39 is 0 Å². The number of aryl methyl sites for hydroxylation is 1. The lowest BCUT2D eigenvalue weighted by Gasteiger charge is -2.14. The summed E-state index contributed by atoms with van der Waals surface area (Å²) in [5.41, 5.74) is 2.89. The van der Waals surface area contributed by atoms with Crippen LogP contribution < -0.4 is 15.4 Å². The van der Waals surface area contributed by atoms with E-state index in [1.807, 2.05) is 49.4 Å². The Morgan fingerprint density at radius 1 is 1.10 bits per heavy atom. The number of ether oxygens (including phenoxy) is 1. The Kier molecular flexibility index (Phi) is 4.98. The van der Waals surface area contributed by atoms with Crippen LogP contribution in [0.25, 0.3) is 0 Å². The highest BCUT2D eigenvalue weighted by Crippen LogP contribution is 2.26. The molecule has 20 heavy (non-hydrogen) atoms. The van der Waals surface area contributed by atoms with Crippen molar-refractivity contribution in [2.75, 3.05) is 17.7 Å². The van der Waals surface area contributed by atoms with Gasteiger partial charge in [-0.2, -0.15) is 0 Å². The summed E-state index contributed by atoms with van der Waals surface area (Å²) < 4.78 is 6.27. The number of rotatable bonds is 3. The Balaban J connectivity index is 2.12. The van der Waals surface area contributed by atoms with Gasteiger partial charge in [0.25, 0.3) is 0 Å². The zero-order valence-corrected chi connectivity index (χ0v) is 13.6. The second kappa shape index (κ2) is 6.72. The average Bonchev–Trinajstić information content (AvgIpc) is 2.41. The van der Waals surface area contributed by atoms with E-state index in [0.29, 0.717) is 5.11 Å². The van der Waals surface area contributed by atoms with Crippen LogP contribution in [0.1, 0.15) is 5.56 Å². The molecular weight excluding hydrogens is 336 g/mol. The van der Waals surface area contributed by atoms with Crippen LogP contribution in [-0.2, 0) is 0 Å². The zero-order chi connectivity index (χ0) is 14.5. The number of para-hydroxylation sites is 1. The third-order valence-corrected chi connectivity index (χ3v) is 3.62. The lowest BCUT2D eigenvalue weighted by molar-refractivity contribution is 0.417. The molecule has 0 saturated heterocycles. The number of anilines is 2. The number of thiocarbonyl (C=S) groups is 1. The summed E-state index contributed by atoms with van der Waals surface area (Å²) in [4.78, 5) is 0. The van der Waals surface area contributed by atoms with E-state index in [-0.39, 0.29) is 0 Å². The molecule has 2 rings (SSSR count). The average molecular weight is 351 g/mol. The summed E-state index contributed by atoms with van der Waals surface area (Å²) >= 11 is 8.81. The number of nitrogens with one attached hydrogen (secondary N) is 2. The Morgan fingerprint density at radius 3 is 2.50 bits per heavy atom. The first-order valence-corrected chi connectivity index (χ1v) is 7.27. The number of halogens is 1. The van der Waals surface area contributed by atoms with Crippen molar-refractivity contribution in [2.24, 2.45) is 0 Å². The molecule has 0 saturated carbocycles. The first-order valence-electron chi connectivity index (χ1n) is 6.07. The van der Waals surface area contributed by atoms with Crippen molar-refractivity contribution in [1.29, 1.82) is 0 Å². The SMILES string of the molecule is COc1ccc(C)cc1NC(=S)Nc1ccccc1Br. The number of hydrogen-bond acceptors (Lipinski definition) is 2. The van der Waals surface area contributed by atoms with Crippen molar-refractivity contribution in [2.45, 2.75) is 6.92 Å². The quantitative estimate of drug-likeness (QED) is 0.794. The van der Waals surface area contributed by atoms with E-state index in [4.69, 9.17) is 17.0 Å². The molecule has 0 fully saturated rings. The largest absolute Gasteiger partial charge is 0.495 e. The van der Waals surface area contributed by atoms with Gasteiger partial charge < -0.3 is 15.4 Å². The fraction of sp³-hybridized carbons (Fsp3) is 0.133. The van der Waals surface area contributed by atoms with Gasteiger partial charge in [-0.25, -0.2) is 0 Å². The summed E-state index contributed by atoms with van der Waals surface area (Å²) in [5.74, 6) is 0.756. The molecule has 0 amide bonds. The van der Waals surface area contributed by atoms with E-state index in [2.05, 4.69) is 26.6 Å². The number of methoxy groups -OCH3 is 1. The summed E-state index contributed by atoms with van der Waals surface area (Å²) in [6, 6.07) is 13.7. The maximum absolute atomic E-state index is 5.33. The lowest BCUT2D eigenvalue weighted by Crippen LogP contribution is -2.19. The molecular formula is C15H15BrN2OS. The van der Waals surface area contributed by atoms with E-state index in [1.165, 1.54) is 0 Å². The Morgan fingerprint density at radius 2 is 1.80 bits per heavy atom. The molecule has 0 bridgehead atoms. The lowest BCUT2D eigenvalue weighted by atomic mass is 10.2. The maximum atomic E-state index is 5.33. The van der Waals surface area contributed by atoms with Gasteiger partial charge in [-0.3, -0.25) is 0 Å². The molecule has 2 aromatic rings. The molecule has 0 atom stereocenters. The van der Waals surface area contributed by atoms with E-state index in [0.717, 1.165) is 27.2 Å². The standard InChI is InChI=1S/C15H15BrN2OS/c1-10-7-8-14(19-2)13(9-10)18-15(20)17-12-6-4-3-5-11(12)16/h3-9H,1-2H3,(H2,17,18,20). The van der Waals surface area contributed by atoms with Crippen LogP contribution in [0.3, 0.4) is 0 Å². The van der Waals surface area contributed by atoms with E-state index in [1.54, 1.807) is 7.11 Å². The molecule has 0 spiro atoms. The van der Waals surface area contributed by atoms with Crippen molar-refractivity contribution < 1.29 is 4.74 Å². The van der Waals surface area contributed by atoms with Crippen LogP contribution in [0, 0.1) is 6.92 Å². The second-order valence-electron chi connectivity index (χ2n) is 4.26. The molecule has 0 aliphatic rings. The highest BCUT2D eigenvalue weighted by Gasteiger charge is 2.06. The molecule has 0 heterocycles. The monoisotopic (exact) mass is 350 g/mol. The summed E-state index contributed by atoms with van der Waals surface area (Å²) in [5, 5.41) is 6.81. The van der Waals surface area contributed by atoms with Gasteiger partial charge in [0.1, 0.15) is 5.75 Å². The zero-order valence-electron chi connectivity index (χ0n) is 11.2. The smallest absolute Gasteiger partial charge is 0.175 e. The van der Waals surface area contributed by atoms with Crippen molar-refractivity contribution in [3.8, 4) is 5.75 Å². The molecule has 0 aliphatic carbocycles. The topological polar surface area (TPSA) is 33.3 Å². The fourth-order valence-corrected chi connectivity index (χ4v) is 2.36. The fourth-order valence-electron chi connectivity index (χ4n) is 1.76. The van der Waals surface area contributed by atoms with Crippen LogP contribution in [0.4, 0.5) is 11.4 Å². The molecule has 2 N–H and O–H groups in total. The summed E-state index contributed by atoms with van der Waals surface area (Å²) in [6.07, 6.45) is 0. The van der Waals surface area contributed by atoms with E-state index >= 15 is 0 Å². The molecule has 0 aromatic heterocycles. The minimum absolute atomic E-state index is 0.515. The summed E-state index contributed by atoms with van der Waals surface area (Å²) in [7, 11) is 1.64. The van der Waals surface area contributed by atoms with Crippen molar-refractivity contribution in [3.05, 3.63) is 52.5 Å². The van der Waals surface area contributed by atoms with Crippen LogP contribution in [0.15, 0.2) is 46.9 Å². The minimum Gasteiger partial charge on any atom is -0.495 e.